The number of likely N-dealkylation sites (tertiary alicyclic amines) is 1. The monoisotopic (exact) mass is 948 g/mol. The van der Waals surface area contributed by atoms with Crippen LogP contribution < -0.4 is 20.1 Å². The lowest BCUT2D eigenvalue weighted by molar-refractivity contribution is -0.144. The highest BCUT2D eigenvalue weighted by Gasteiger charge is 2.44. The highest BCUT2D eigenvalue weighted by molar-refractivity contribution is 8.18. The Balaban J connectivity index is 0.982. The van der Waals surface area contributed by atoms with E-state index in [0.29, 0.717) is 23.4 Å². The number of β-amino-alcohol motifs (C(OH)–C–C–N with tert-alkyl or cyclic N) is 1. The van der Waals surface area contributed by atoms with Crippen LogP contribution in [-0.2, 0) is 36.6 Å². The number of alkyl halides is 3. The van der Waals surface area contributed by atoms with E-state index in [1.807, 2.05) is 31.2 Å². The van der Waals surface area contributed by atoms with Gasteiger partial charge in [0.1, 0.15) is 17.8 Å². The van der Waals surface area contributed by atoms with Crippen molar-refractivity contribution in [2.45, 2.75) is 71.4 Å². The van der Waals surface area contributed by atoms with E-state index in [4.69, 9.17) is 19.5 Å². The zero-order valence-electron chi connectivity index (χ0n) is 36.6. The molecule has 0 unspecified atom stereocenters. The number of nitrogens with one attached hydrogen (secondary N) is 2. The van der Waals surface area contributed by atoms with Crippen molar-refractivity contribution < 1.29 is 56.5 Å². The fourth-order valence-electron chi connectivity index (χ4n) is 7.17. The highest BCUT2D eigenvalue weighted by Crippen LogP contribution is 2.42. The number of halogens is 3. The molecule has 0 spiro atoms. The third kappa shape index (κ3) is 11.9. The maximum Gasteiger partial charge on any atom is 0.420 e. The lowest BCUT2D eigenvalue weighted by atomic mass is 9.85. The Labute approximate surface area is 386 Å². The number of thioether (sulfide) groups is 1. The Kier molecular flexibility index (Phi) is 15.6. The third-order valence-electron chi connectivity index (χ3n) is 10.6. The van der Waals surface area contributed by atoms with E-state index in [0.717, 1.165) is 32.7 Å². The molecular weight excluding hydrogens is 902 g/mol. The zero-order valence-corrected chi connectivity index (χ0v) is 38.2. The predicted octanol–water partition coefficient (Wildman–Crippen LogP) is 7.06. The Morgan fingerprint density at radius 3 is 2.41 bits per heavy atom. The second kappa shape index (κ2) is 20.9. The fraction of sp³-hybridized carbons (Fsp3) is 0.370. The van der Waals surface area contributed by atoms with Gasteiger partial charge in [0.2, 0.25) is 17.7 Å². The number of aromatic nitrogens is 1. The number of imide groups is 1. The Morgan fingerprint density at radius 2 is 1.76 bits per heavy atom. The molecule has 0 bridgehead atoms. The Morgan fingerprint density at radius 1 is 1.03 bits per heavy atom. The second-order valence-electron chi connectivity index (χ2n) is 16.5. The molecule has 5 amide bonds. The van der Waals surface area contributed by atoms with Crippen molar-refractivity contribution in [3.8, 4) is 33.8 Å². The molecule has 348 valence electrons. The number of aliphatic hydroxyl groups is 1. The molecule has 4 aromatic rings. The van der Waals surface area contributed by atoms with Gasteiger partial charge in [0, 0.05) is 25.9 Å². The van der Waals surface area contributed by atoms with Crippen LogP contribution >= 0.6 is 23.1 Å². The van der Waals surface area contributed by atoms with Crippen LogP contribution in [0.1, 0.15) is 61.6 Å². The number of thiazole rings is 1. The summed E-state index contributed by atoms with van der Waals surface area (Å²) in [5.41, 5.74) is 2.83. The first-order valence-corrected chi connectivity index (χ1v) is 22.3. The van der Waals surface area contributed by atoms with E-state index < -0.39 is 70.0 Å². The van der Waals surface area contributed by atoms with Gasteiger partial charge in [0.15, 0.2) is 11.5 Å². The van der Waals surface area contributed by atoms with Crippen molar-refractivity contribution >= 4 is 58.0 Å². The molecule has 0 aliphatic carbocycles. The molecule has 3 aromatic carbocycles. The fourth-order valence-corrected chi connectivity index (χ4v) is 8.84. The number of rotatable bonds is 16. The summed E-state index contributed by atoms with van der Waals surface area (Å²) in [6, 6.07) is 14.5. The number of carbonyl (C=O) groups excluding carboxylic acids is 5. The number of carbonyl (C=O) groups is 5. The molecule has 1 aromatic heterocycles. The van der Waals surface area contributed by atoms with Crippen molar-refractivity contribution in [2.24, 2.45) is 5.41 Å². The number of ether oxygens (including phenoxy) is 3. The van der Waals surface area contributed by atoms with Gasteiger partial charge in [-0.2, -0.15) is 18.4 Å². The normalized spacial score (nSPS) is 17.5. The summed E-state index contributed by atoms with van der Waals surface area (Å²) < 4.78 is 57.6. The molecule has 0 saturated carbocycles. The zero-order chi connectivity index (χ0) is 47.9. The molecule has 2 fully saturated rings. The second-order valence-corrected chi connectivity index (χ2v) is 18.3. The van der Waals surface area contributed by atoms with E-state index in [-0.39, 0.29) is 67.7 Å². The molecule has 6 rings (SSSR count). The molecule has 2 aliphatic heterocycles. The van der Waals surface area contributed by atoms with Gasteiger partial charge in [0.25, 0.3) is 11.1 Å². The summed E-state index contributed by atoms with van der Waals surface area (Å²) in [6.07, 6.45) is -4.45. The Hall–Kier alpha value is -6.27. The summed E-state index contributed by atoms with van der Waals surface area (Å²) >= 11 is 2.22. The van der Waals surface area contributed by atoms with Gasteiger partial charge in [-0.3, -0.25) is 28.9 Å². The van der Waals surface area contributed by atoms with E-state index >= 15 is 0 Å². The molecule has 3 atom stereocenters. The summed E-state index contributed by atoms with van der Waals surface area (Å²) in [6.45, 7) is 7.02. The number of hydrogen-bond donors (Lipinski definition) is 3. The largest absolute Gasteiger partial charge is 0.493 e. The lowest BCUT2D eigenvalue weighted by Gasteiger charge is -2.35. The maximum atomic E-state index is 14.0. The van der Waals surface area contributed by atoms with Crippen LogP contribution in [0.15, 0.2) is 71.1 Å². The van der Waals surface area contributed by atoms with Gasteiger partial charge in [-0.15, -0.1) is 11.3 Å². The highest BCUT2D eigenvalue weighted by atomic mass is 32.2. The van der Waals surface area contributed by atoms with Crippen molar-refractivity contribution in [1.82, 2.24) is 25.4 Å². The van der Waals surface area contributed by atoms with E-state index in [9.17, 15) is 42.3 Å². The minimum absolute atomic E-state index is 0.0362. The van der Waals surface area contributed by atoms with Crippen LogP contribution in [0.5, 0.6) is 17.2 Å². The average molecular weight is 949 g/mol. The quantitative estimate of drug-likeness (QED) is 0.0764. The first kappa shape index (κ1) is 49.2. The number of nitrogens with zero attached hydrogens (tertiary/aromatic N) is 4. The minimum Gasteiger partial charge on any atom is -0.493 e. The molecule has 0 radical (unpaired) electrons. The number of aliphatic hydroxyl groups excluding tert-OH is 1. The molecule has 66 heavy (non-hydrogen) atoms. The maximum absolute atomic E-state index is 14.0. The minimum atomic E-state index is -4.80. The van der Waals surface area contributed by atoms with Crippen LogP contribution in [0, 0.1) is 23.7 Å². The molecule has 3 N–H and O–H groups in total. The molecular formula is C46H47F3N6O9S2. The number of methoxy groups -OCH3 is 1. The molecule has 2 saturated heterocycles. The van der Waals surface area contributed by atoms with Gasteiger partial charge < -0.3 is 34.9 Å². The van der Waals surface area contributed by atoms with Crippen LogP contribution in [0.25, 0.3) is 16.5 Å². The number of aryl methyl sites for hydroxylation is 1. The number of benzene rings is 3. The van der Waals surface area contributed by atoms with Crippen LogP contribution in [0.4, 0.5) is 18.0 Å². The van der Waals surface area contributed by atoms with E-state index in [2.05, 4.69) is 15.6 Å². The summed E-state index contributed by atoms with van der Waals surface area (Å²) in [4.78, 5) is 74.3. The number of hydrogen-bond acceptors (Lipinski definition) is 13. The smallest absolute Gasteiger partial charge is 0.420 e. The standard InChI is InChI=1S/C46H47F3N6O9S2/c1-26-39(65-25-52-26)30-10-6-27(7-11-30)23-51-41(58)33-21-31(56)24-55(33)43(60)40(45(2,3)4)53-38(57)14-16-63-17-15-54-42(59)37(66-44(54)61)20-28-8-13-35(36(19-28)62-5)64-34-12-9-29(22-50)18-32(34)46(47,48)49/h6-13,18-20,25,31,33,40,56H,14-17,21,23-24H2,1-5H3,(H,51,58)(H,53,57)/t31-,33+,40-/m1/s1. The van der Waals surface area contributed by atoms with Gasteiger partial charge in [0.05, 0.1) is 71.2 Å². The van der Waals surface area contributed by atoms with Crippen molar-refractivity contribution in [2.75, 3.05) is 33.4 Å². The van der Waals surface area contributed by atoms with Crippen LogP contribution in [0.3, 0.4) is 0 Å². The van der Waals surface area contributed by atoms with Crippen molar-refractivity contribution in [3.05, 3.63) is 99.0 Å². The Bertz CT molecular complexity index is 2550. The summed E-state index contributed by atoms with van der Waals surface area (Å²) in [7, 11) is 1.28. The summed E-state index contributed by atoms with van der Waals surface area (Å²) in [5, 5.41) is 24.7. The van der Waals surface area contributed by atoms with Gasteiger partial charge in [-0.1, -0.05) is 51.1 Å². The topological polar surface area (TPSA) is 200 Å². The van der Waals surface area contributed by atoms with E-state index in [1.165, 1.54) is 42.4 Å². The predicted molar refractivity (Wildman–Crippen MR) is 239 cm³/mol. The average Bonchev–Trinajstić information content (AvgIpc) is 3.96. The molecule has 15 nitrogen and oxygen atoms in total. The molecule has 2 aliphatic rings. The molecule has 3 heterocycles. The van der Waals surface area contributed by atoms with Crippen LogP contribution in [0.2, 0.25) is 0 Å². The third-order valence-corrected chi connectivity index (χ3v) is 12.5. The van der Waals surface area contributed by atoms with Crippen LogP contribution in [-0.4, -0.2) is 100 Å². The summed E-state index contributed by atoms with van der Waals surface area (Å²) in [5.74, 6) is -2.65. The van der Waals surface area contributed by atoms with Gasteiger partial charge in [-0.25, -0.2) is 4.98 Å². The van der Waals surface area contributed by atoms with Crippen molar-refractivity contribution in [3.63, 3.8) is 0 Å². The first-order valence-electron chi connectivity index (χ1n) is 20.6. The number of amides is 5. The SMILES string of the molecule is COc1cc(C=C2SC(=O)N(CCOCCC(=O)N[C@H](C(=O)N3C[C@H](O)C[C@H]3C(=O)NCc3ccc(-c4scnc4C)cc3)C(C)(C)C)C2=O)ccc1Oc1ccc(C#N)cc1C(F)(F)F. The first-order chi connectivity index (χ1) is 31.3. The lowest BCUT2D eigenvalue weighted by Crippen LogP contribution is -2.57. The van der Waals surface area contributed by atoms with Gasteiger partial charge in [-0.05, 0) is 77.2 Å². The van der Waals surface area contributed by atoms with E-state index in [1.54, 1.807) is 43.7 Å². The van der Waals surface area contributed by atoms with Gasteiger partial charge >= 0.3 is 6.18 Å². The molecule has 20 heteroatoms. The number of nitriles is 1. The van der Waals surface area contributed by atoms with Crippen molar-refractivity contribution in [1.29, 1.82) is 5.26 Å².